The van der Waals surface area contributed by atoms with Gasteiger partial charge in [-0.15, -0.1) is 11.3 Å². The van der Waals surface area contributed by atoms with Crippen LogP contribution < -0.4 is 0 Å². The highest BCUT2D eigenvalue weighted by Gasteiger charge is 2.10. The Labute approximate surface area is 126 Å². The molecule has 0 amide bonds. The van der Waals surface area contributed by atoms with E-state index in [0.717, 1.165) is 0 Å². The van der Waals surface area contributed by atoms with Crippen molar-refractivity contribution in [2.75, 3.05) is 19.8 Å². The van der Waals surface area contributed by atoms with E-state index in [0.29, 0.717) is 29.5 Å². The molecule has 4 nitrogen and oxygen atoms in total. The summed E-state index contributed by atoms with van der Waals surface area (Å²) in [5, 5.41) is 2.47. The van der Waals surface area contributed by atoms with Gasteiger partial charge in [-0.2, -0.15) is 0 Å². The molecule has 21 heavy (non-hydrogen) atoms. The third-order valence-corrected chi connectivity index (χ3v) is 3.58. The predicted molar refractivity (Wildman–Crippen MR) is 78.7 cm³/mol. The zero-order chi connectivity index (χ0) is 15.1. The van der Waals surface area contributed by atoms with Crippen molar-refractivity contribution in [3.8, 4) is 10.6 Å². The molecule has 1 heterocycles. The second-order valence-electron chi connectivity index (χ2n) is 4.25. The fraction of sp³-hybridized carbons (Fsp3) is 0.333. The second kappa shape index (κ2) is 7.85. The normalized spacial score (nSPS) is 10.6. The van der Waals surface area contributed by atoms with Crippen molar-refractivity contribution >= 4 is 17.3 Å². The highest BCUT2D eigenvalue weighted by Crippen LogP contribution is 2.24. The summed E-state index contributed by atoms with van der Waals surface area (Å²) in [7, 11) is 0. The largest absolute Gasteiger partial charge is 0.463 e. The van der Waals surface area contributed by atoms with Crippen molar-refractivity contribution in [2.24, 2.45) is 0 Å². The Morgan fingerprint density at radius 2 is 2.24 bits per heavy atom. The van der Waals surface area contributed by atoms with Gasteiger partial charge in [0, 0.05) is 17.6 Å². The Morgan fingerprint density at radius 1 is 1.38 bits per heavy atom. The number of nitrogens with zero attached hydrogens (tertiary/aromatic N) is 1. The van der Waals surface area contributed by atoms with Crippen molar-refractivity contribution in [1.82, 2.24) is 4.98 Å². The van der Waals surface area contributed by atoms with E-state index in [2.05, 4.69) is 4.98 Å². The molecule has 1 aromatic carbocycles. The minimum Gasteiger partial charge on any atom is -0.463 e. The molecule has 0 aliphatic rings. The molecule has 0 aliphatic heterocycles. The number of hydrogen-bond acceptors (Lipinski definition) is 5. The van der Waals surface area contributed by atoms with Crippen molar-refractivity contribution in [3.05, 3.63) is 41.2 Å². The van der Waals surface area contributed by atoms with Gasteiger partial charge in [0.1, 0.15) is 17.4 Å². The van der Waals surface area contributed by atoms with Crippen LogP contribution in [0.3, 0.4) is 0 Å². The van der Waals surface area contributed by atoms with Gasteiger partial charge in [-0.25, -0.2) is 9.37 Å². The molecule has 0 unspecified atom stereocenters. The summed E-state index contributed by atoms with van der Waals surface area (Å²) in [6.45, 7) is 3.12. The maximum absolute atomic E-state index is 13.2. The van der Waals surface area contributed by atoms with Crippen LogP contribution in [-0.2, 0) is 20.7 Å². The van der Waals surface area contributed by atoms with Gasteiger partial charge in [0.2, 0.25) is 0 Å². The van der Waals surface area contributed by atoms with Crippen LogP contribution in [-0.4, -0.2) is 30.8 Å². The fourth-order valence-corrected chi connectivity index (χ4v) is 2.52. The van der Waals surface area contributed by atoms with Crippen molar-refractivity contribution < 1.29 is 18.7 Å². The van der Waals surface area contributed by atoms with Crippen LogP contribution in [0.1, 0.15) is 12.6 Å². The fourth-order valence-electron chi connectivity index (χ4n) is 1.70. The van der Waals surface area contributed by atoms with E-state index < -0.39 is 0 Å². The van der Waals surface area contributed by atoms with Gasteiger partial charge >= 0.3 is 5.97 Å². The average molecular weight is 309 g/mol. The molecular formula is C15H16FNO3S. The van der Waals surface area contributed by atoms with Gasteiger partial charge in [-0.3, -0.25) is 4.79 Å². The minimum absolute atomic E-state index is 0.109. The Morgan fingerprint density at radius 3 is 3.00 bits per heavy atom. The lowest BCUT2D eigenvalue weighted by molar-refractivity contribution is -0.144. The zero-order valence-corrected chi connectivity index (χ0v) is 12.5. The SMILES string of the molecule is CCOCCOC(=O)Cc1csc(-c2cccc(F)c2)n1. The summed E-state index contributed by atoms with van der Waals surface area (Å²) in [6, 6.07) is 6.22. The average Bonchev–Trinajstić information content (AvgIpc) is 2.92. The van der Waals surface area contributed by atoms with Crippen LogP contribution in [0.25, 0.3) is 10.6 Å². The number of rotatable bonds is 7. The van der Waals surface area contributed by atoms with E-state index in [1.807, 2.05) is 6.92 Å². The number of esters is 1. The molecular weight excluding hydrogens is 293 g/mol. The first-order chi connectivity index (χ1) is 10.2. The smallest absolute Gasteiger partial charge is 0.311 e. The molecule has 6 heteroatoms. The number of aromatic nitrogens is 1. The monoisotopic (exact) mass is 309 g/mol. The molecule has 0 radical (unpaired) electrons. The van der Waals surface area contributed by atoms with Gasteiger partial charge in [0.05, 0.1) is 18.7 Å². The second-order valence-corrected chi connectivity index (χ2v) is 5.11. The van der Waals surface area contributed by atoms with Gasteiger partial charge in [0.25, 0.3) is 0 Å². The quantitative estimate of drug-likeness (QED) is 0.582. The van der Waals surface area contributed by atoms with E-state index in [4.69, 9.17) is 9.47 Å². The number of ether oxygens (including phenoxy) is 2. The summed E-state index contributed by atoms with van der Waals surface area (Å²) >= 11 is 1.38. The van der Waals surface area contributed by atoms with E-state index in [-0.39, 0.29) is 24.8 Å². The summed E-state index contributed by atoms with van der Waals surface area (Å²) in [6.07, 6.45) is 0.109. The number of carbonyl (C=O) groups excluding carboxylic acids is 1. The lowest BCUT2D eigenvalue weighted by Crippen LogP contribution is -2.12. The highest BCUT2D eigenvalue weighted by molar-refractivity contribution is 7.13. The Hall–Kier alpha value is -1.79. The lowest BCUT2D eigenvalue weighted by atomic mass is 10.2. The molecule has 1 aromatic heterocycles. The van der Waals surface area contributed by atoms with E-state index in [1.165, 1.54) is 23.5 Å². The number of halogens is 1. The Kier molecular flexibility index (Phi) is 5.83. The van der Waals surface area contributed by atoms with Crippen molar-refractivity contribution in [3.63, 3.8) is 0 Å². The van der Waals surface area contributed by atoms with Crippen molar-refractivity contribution in [2.45, 2.75) is 13.3 Å². The number of hydrogen-bond donors (Lipinski definition) is 0. The van der Waals surface area contributed by atoms with Gasteiger partial charge in [-0.1, -0.05) is 12.1 Å². The minimum atomic E-state index is -0.342. The van der Waals surface area contributed by atoms with E-state index >= 15 is 0 Å². The molecule has 0 spiro atoms. The number of benzene rings is 1. The molecule has 0 bridgehead atoms. The summed E-state index contributed by atoms with van der Waals surface area (Å²) < 4.78 is 23.3. The molecule has 112 valence electrons. The maximum Gasteiger partial charge on any atom is 0.311 e. The maximum atomic E-state index is 13.2. The first-order valence-electron chi connectivity index (χ1n) is 6.62. The Bertz CT molecular complexity index is 600. The zero-order valence-electron chi connectivity index (χ0n) is 11.7. The van der Waals surface area contributed by atoms with Crippen LogP contribution in [0.5, 0.6) is 0 Å². The number of carbonyl (C=O) groups is 1. The summed E-state index contributed by atoms with van der Waals surface area (Å²) in [5.74, 6) is -0.648. The molecule has 0 atom stereocenters. The van der Waals surface area contributed by atoms with Crippen LogP contribution >= 0.6 is 11.3 Å². The van der Waals surface area contributed by atoms with Crippen LogP contribution in [0.15, 0.2) is 29.6 Å². The molecule has 0 saturated heterocycles. The molecule has 0 fully saturated rings. The molecule has 0 aliphatic carbocycles. The molecule has 0 saturated carbocycles. The molecule has 2 aromatic rings. The molecule has 0 N–H and O–H groups in total. The third kappa shape index (κ3) is 4.91. The van der Waals surface area contributed by atoms with E-state index in [1.54, 1.807) is 17.5 Å². The molecule has 2 rings (SSSR count). The van der Waals surface area contributed by atoms with Gasteiger partial charge < -0.3 is 9.47 Å². The van der Waals surface area contributed by atoms with Gasteiger partial charge in [0.15, 0.2) is 0 Å². The van der Waals surface area contributed by atoms with Gasteiger partial charge in [-0.05, 0) is 19.1 Å². The van der Waals surface area contributed by atoms with Crippen LogP contribution in [0.4, 0.5) is 4.39 Å². The third-order valence-electron chi connectivity index (χ3n) is 2.64. The topological polar surface area (TPSA) is 48.4 Å². The first kappa shape index (κ1) is 15.6. The summed E-state index contributed by atoms with van der Waals surface area (Å²) in [4.78, 5) is 15.9. The summed E-state index contributed by atoms with van der Waals surface area (Å²) in [5.41, 5.74) is 1.33. The van der Waals surface area contributed by atoms with Crippen LogP contribution in [0, 0.1) is 5.82 Å². The van der Waals surface area contributed by atoms with E-state index in [9.17, 15) is 9.18 Å². The highest BCUT2D eigenvalue weighted by atomic mass is 32.1. The standard InChI is InChI=1S/C15H16FNO3S/c1-2-19-6-7-20-14(18)9-13-10-21-15(17-13)11-4-3-5-12(16)8-11/h3-5,8,10H,2,6-7,9H2,1H3. The predicted octanol–water partition coefficient (Wildman–Crippen LogP) is 3.07. The first-order valence-corrected chi connectivity index (χ1v) is 7.50. The number of thiazole rings is 1. The Balaban J connectivity index is 1.90. The van der Waals surface area contributed by atoms with Crippen molar-refractivity contribution in [1.29, 1.82) is 0 Å². The lowest BCUT2D eigenvalue weighted by Gasteiger charge is -2.03. The van der Waals surface area contributed by atoms with Crippen LogP contribution in [0.2, 0.25) is 0 Å².